The zero-order valence-corrected chi connectivity index (χ0v) is 22.0. The zero-order valence-electron chi connectivity index (χ0n) is 19.6. The lowest BCUT2D eigenvalue weighted by Crippen LogP contribution is -2.37. The van der Waals surface area contributed by atoms with E-state index < -0.39 is 0 Å². The van der Waals surface area contributed by atoms with Crippen molar-refractivity contribution in [3.63, 3.8) is 0 Å². The molecule has 32 heavy (non-hydrogen) atoms. The van der Waals surface area contributed by atoms with Gasteiger partial charge < -0.3 is 24.7 Å². The molecule has 1 aromatic carbocycles. The maximum absolute atomic E-state index is 11.9. The molecule has 2 rings (SSSR count). The van der Waals surface area contributed by atoms with Crippen LogP contribution in [-0.4, -0.2) is 43.9 Å². The Labute approximate surface area is 208 Å². The SMILES string of the molecule is CCOCCOc1cc(C)ccc1CNC(=NC)NCCCCn1c(C)cccc1=O.I. The van der Waals surface area contributed by atoms with E-state index in [1.54, 1.807) is 19.2 Å². The molecule has 2 N–H and O–H groups in total. The van der Waals surface area contributed by atoms with Crippen LogP contribution in [0, 0.1) is 13.8 Å². The van der Waals surface area contributed by atoms with Crippen LogP contribution in [0.25, 0.3) is 0 Å². The van der Waals surface area contributed by atoms with Crippen LogP contribution in [0.2, 0.25) is 0 Å². The van der Waals surface area contributed by atoms with Crippen molar-refractivity contribution in [2.24, 2.45) is 4.99 Å². The van der Waals surface area contributed by atoms with Crippen molar-refractivity contribution < 1.29 is 9.47 Å². The van der Waals surface area contributed by atoms with Gasteiger partial charge in [0.25, 0.3) is 5.56 Å². The van der Waals surface area contributed by atoms with Crippen molar-refractivity contribution in [1.82, 2.24) is 15.2 Å². The molecule has 0 fully saturated rings. The third kappa shape index (κ3) is 9.60. The largest absolute Gasteiger partial charge is 0.491 e. The van der Waals surface area contributed by atoms with Crippen LogP contribution < -0.4 is 20.9 Å². The Bertz CT molecular complexity index is 899. The normalized spacial score (nSPS) is 11.1. The average Bonchev–Trinajstić information content (AvgIpc) is 2.76. The molecule has 7 nitrogen and oxygen atoms in total. The third-order valence-corrected chi connectivity index (χ3v) is 4.95. The summed E-state index contributed by atoms with van der Waals surface area (Å²) in [7, 11) is 1.76. The molecule has 0 saturated heterocycles. The van der Waals surface area contributed by atoms with Crippen LogP contribution in [-0.2, 0) is 17.8 Å². The highest BCUT2D eigenvalue weighted by atomic mass is 127. The molecule has 0 bridgehead atoms. The molecule has 178 valence electrons. The minimum Gasteiger partial charge on any atom is -0.491 e. The summed E-state index contributed by atoms with van der Waals surface area (Å²) in [6.07, 6.45) is 1.86. The fourth-order valence-corrected chi connectivity index (χ4v) is 3.21. The van der Waals surface area contributed by atoms with E-state index in [9.17, 15) is 4.79 Å². The lowest BCUT2D eigenvalue weighted by atomic mass is 10.1. The number of pyridine rings is 1. The molecular weight excluding hydrogens is 519 g/mol. The smallest absolute Gasteiger partial charge is 0.250 e. The van der Waals surface area contributed by atoms with Gasteiger partial charge in [0.1, 0.15) is 12.4 Å². The van der Waals surface area contributed by atoms with Crippen molar-refractivity contribution in [3.8, 4) is 5.75 Å². The molecule has 0 unspecified atom stereocenters. The van der Waals surface area contributed by atoms with Gasteiger partial charge in [-0.25, -0.2) is 0 Å². The number of aryl methyl sites for hydroxylation is 2. The second-order valence-corrected chi connectivity index (χ2v) is 7.37. The van der Waals surface area contributed by atoms with Crippen molar-refractivity contribution >= 4 is 29.9 Å². The first-order valence-corrected chi connectivity index (χ1v) is 11.0. The first kappa shape index (κ1) is 28.0. The fraction of sp³-hybridized carbons (Fsp3) is 0.500. The quantitative estimate of drug-likeness (QED) is 0.181. The van der Waals surface area contributed by atoms with Gasteiger partial charge >= 0.3 is 0 Å². The van der Waals surface area contributed by atoms with Crippen molar-refractivity contribution in [3.05, 3.63) is 63.6 Å². The summed E-state index contributed by atoms with van der Waals surface area (Å²) < 4.78 is 13.1. The highest BCUT2D eigenvalue weighted by Crippen LogP contribution is 2.20. The van der Waals surface area contributed by atoms with Crippen LogP contribution in [0.3, 0.4) is 0 Å². The Morgan fingerprint density at radius 2 is 1.91 bits per heavy atom. The number of nitrogens with one attached hydrogen (secondary N) is 2. The Balaban J connectivity index is 0.00000512. The molecule has 8 heteroatoms. The van der Waals surface area contributed by atoms with Crippen LogP contribution in [0.4, 0.5) is 0 Å². The topological polar surface area (TPSA) is 76.9 Å². The standard InChI is InChI=1S/C24H36N4O3.HI/c1-5-30-15-16-31-22-17-19(2)11-12-21(22)18-27-24(25-4)26-13-6-7-14-28-20(3)9-8-10-23(28)29;/h8-12,17H,5-7,13-16,18H2,1-4H3,(H2,25,26,27);1H. The van der Waals surface area contributed by atoms with Gasteiger partial charge in [0.05, 0.1) is 6.61 Å². The van der Waals surface area contributed by atoms with E-state index in [4.69, 9.17) is 9.47 Å². The summed E-state index contributed by atoms with van der Waals surface area (Å²) in [6, 6.07) is 11.6. The molecule has 2 aromatic rings. The average molecular weight is 556 g/mol. The minimum atomic E-state index is 0. The van der Waals surface area contributed by atoms with Gasteiger partial charge in [-0.3, -0.25) is 9.79 Å². The molecule has 0 aliphatic rings. The van der Waals surface area contributed by atoms with E-state index in [-0.39, 0.29) is 29.5 Å². The highest BCUT2D eigenvalue weighted by molar-refractivity contribution is 14.0. The van der Waals surface area contributed by atoms with Crippen LogP contribution in [0.5, 0.6) is 5.75 Å². The molecular formula is C24H37IN4O3. The summed E-state index contributed by atoms with van der Waals surface area (Å²) in [5, 5.41) is 6.68. The first-order chi connectivity index (χ1) is 15.0. The predicted molar refractivity (Wildman–Crippen MR) is 141 cm³/mol. The predicted octanol–water partition coefficient (Wildman–Crippen LogP) is 3.64. The molecule has 0 amide bonds. The first-order valence-electron chi connectivity index (χ1n) is 11.0. The van der Waals surface area contributed by atoms with Gasteiger partial charge in [0, 0.05) is 50.6 Å². The number of halogens is 1. The minimum absolute atomic E-state index is 0. The van der Waals surface area contributed by atoms with Crippen LogP contribution in [0.15, 0.2) is 46.2 Å². The van der Waals surface area contributed by atoms with Crippen molar-refractivity contribution in [2.45, 2.75) is 46.7 Å². The second-order valence-electron chi connectivity index (χ2n) is 7.37. The van der Waals surface area contributed by atoms with Crippen molar-refractivity contribution in [2.75, 3.05) is 33.4 Å². The number of rotatable bonds is 12. The molecule has 0 aliphatic heterocycles. The Kier molecular flexibility index (Phi) is 13.7. The van der Waals surface area contributed by atoms with E-state index in [0.29, 0.717) is 26.4 Å². The number of hydrogen-bond acceptors (Lipinski definition) is 4. The number of aliphatic imine (C=N–C) groups is 1. The fourth-order valence-electron chi connectivity index (χ4n) is 3.21. The molecule has 0 atom stereocenters. The number of aromatic nitrogens is 1. The van der Waals surface area contributed by atoms with Gasteiger partial charge in [-0.05, 0) is 51.3 Å². The maximum Gasteiger partial charge on any atom is 0.250 e. The van der Waals surface area contributed by atoms with E-state index in [0.717, 1.165) is 54.5 Å². The number of hydrogen-bond donors (Lipinski definition) is 2. The number of nitrogens with zero attached hydrogens (tertiary/aromatic N) is 2. The summed E-state index contributed by atoms with van der Waals surface area (Å²) in [6.45, 7) is 9.91. The maximum atomic E-state index is 11.9. The molecule has 0 radical (unpaired) electrons. The third-order valence-electron chi connectivity index (χ3n) is 4.95. The van der Waals surface area contributed by atoms with Crippen LogP contribution >= 0.6 is 24.0 Å². The molecule has 0 saturated carbocycles. The lowest BCUT2D eigenvalue weighted by Gasteiger charge is -2.16. The number of benzene rings is 1. The van der Waals surface area contributed by atoms with Gasteiger partial charge in [-0.1, -0.05) is 18.2 Å². The molecule has 1 aromatic heterocycles. The molecule has 1 heterocycles. The molecule has 0 aliphatic carbocycles. The van der Waals surface area contributed by atoms with Gasteiger partial charge in [-0.15, -0.1) is 24.0 Å². The lowest BCUT2D eigenvalue weighted by molar-refractivity contribution is 0.110. The van der Waals surface area contributed by atoms with Gasteiger partial charge in [0.2, 0.25) is 0 Å². The van der Waals surface area contributed by atoms with E-state index >= 15 is 0 Å². The monoisotopic (exact) mass is 556 g/mol. The van der Waals surface area contributed by atoms with E-state index in [2.05, 4.69) is 34.7 Å². The number of unbranched alkanes of at least 4 members (excludes halogenated alkanes) is 1. The van der Waals surface area contributed by atoms with Crippen LogP contribution in [0.1, 0.15) is 36.6 Å². The Morgan fingerprint density at radius 3 is 2.62 bits per heavy atom. The summed E-state index contributed by atoms with van der Waals surface area (Å²) >= 11 is 0. The Morgan fingerprint density at radius 1 is 1.09 bits per heavy atom. The second kappa shape index (κ2) is 15.7. The summed E-state index contributed by atoms with van der Waals surface area (Å²) in [4.78, 5) is 16.2. The van der Waals surface area contributed by atoms with Gasteiger partial charge in [-0.2, -0.15) is 0 Å². The molecule has 0 spiro atoms. The number of ether oxygens (including phenoxy) is 2. The Hall–Kier alpha value is -2.07. The summed E-state index contributed by atoms with van der Waals surface area (Å²) in [5.74, 6) is 1.61. The van der Waals surface area contributed by atoms with E-state index in [1.807, 2.05) is 30.5 Å². The number of guanidine groups is 1. The highest BCUT2D eigenvalue weighted by Gasteiger charge is 2.06. The van der Waals surface area contributed by atoms with Gasteiger partial charge in [0.15, 0.2) is 5.96 Å². The van der Waals surface area contributed by atoms with E-state index in [1.165, 1.54) is 0 Å². The van der Waals surface area contributed by atoms with Crippen molar-refractivity contribution in [1.29, 1.82) is 0 Å². The summed E-state index contributed by atoms with van der Waals surface area (Å²) in [5.41, 5.74) is 3.28. The zero-order chi connectivity index (χ0) is 22.5.